The molecule has 2 aromatic carbocycles. The summed E-state index contributed by atoms with van der Waals surface area (Å²) in [6, 6.07) is 10.2. The van der Waals surface area contributed by atoms with Crippen molar-refractivity contribution in [2.75, 3.05) is 24.5 Å². The van der Waals surface area contributed by atoms with Gasteiger partial charge in [0.25, 0.3) is 0 Å². The number of nitrogens with zero attached hydrogens (tertiary/aromatic N) is 1. The first-order chi connectivity index (χ1) is 12.3. The molecule has 3 aromatic rings. The molecule has 0 bridgehead atoms. The highest BCUT2D eigenvalue weighted by Crippen LogP contribution is 2.40. The van der Waals surface area contributed by atoms with Crippen molar-refractivity contribution in [3.05, 3.63) is 41.7 Å². The van der Waals surface area contributed by atoms with Crippen LogP contribution in [0.4, 0.5) is 10.1 Å². The maximum atomic E-state index is 15.2. The van der Waals surface area contributed by atoms with Crippen LogP contribution in [0.15, 0.2) is 30.3 Å². The molecule has 2 atom stereocenters. The Hall–Kier alpha value is -2.11. The molecule has 25 heavy (non-hydrogen) atoms. The topological polar surface area (TPSA) is 57.1 Å². The van der Waals surface area contributed by atoms with Crippen molar-refractivity contribution in [1.82, 2.24) is 10.3 Å². The van der Waals surface area contributed by atoms with Crippen LogP contribution < -0.4 is 16.0 Å². The number of nitrogens with two attached hydrogens (primary N) is 1. The number of nitrogens with one attached hydrogen (secondary N) is 2. The molecule has 2 fully saturated rings. The van der Waals surface area contributed by atoms with E-state index in [2.05, 4.69) is 21.3 Å². The first-order valence-electron chi connectivity index (χ1n) is 9.16. The highest BCUT2D eigenvalue weighted by Gasteiger charge is 2.36. The molecule has 0 saturated carbocycles. The zero-order valence-corrected chi connectivity index (χ0v) is 14.2. The number of para-hydroxylation sites is 1. The van der Waals surface area contributed by atoms with Gasteiger partial charge in [-0.3, -0.25) is 0 Å². The van der Waals surface area contributed by atoms with Crippen molar-refractivity contribution in [3.8, 4) is 0 Å². The lowest BCUT2D eigenvalue weighted by atomic mass is 9.94. The van der Waals surface area contributed by atoms with Gasteiger partial charge in [-0.2, -0.15) is 0 Å². The van der Waals surface area contributed by atoms with Gasteiger partial charge in [-0.05, 0) is 43.0 Å². The molecular formula is C20H23FN4. The molecule has 130 valence electrons. The van der Waals surface area contributed by atoms with Gasteiger partial charge in [0.1, 0.15) is 5.82 Å². The first kappa shape index (κ1) is 15.2. The van der Waals surface area contributed by atoms with Crippen LogP contribution in [-0.2, 0) is 6.54 Å². The van der Waals surface area contributed by atoms with Gasteiger partial charge in [-0.25, -0.2) is 4.39 Å². The maximum Gasteiger partial charge on any atom is 0.147 e. The van der Waals surface area contributed by atoms with Crippen LogP contribution in [0.1, 0.15) is 18.4 Å². The Morgan fingerprint density at radius 3 is 2.96 bits per heavy atom. The van der Waals surface area contributed by atoms with Crippen molar-refractivity contribution in [2.45, 2.75) is 25.4 Å². The van der Waals surface area contributed by atoms with Crippen molar-refractivity contribution in [2.24, 2.45) is 11.7 Å². The first-order valence-corrected chi connectivity index (χ1v) is 9.16. The minimum absolute atomic E-state index is 0.156. The molecule has 3 heterocycles. The zero-order valence-electron chi connectivity index (χ0n) is 14.2. The number of aromatic nitrogens is 1. The van der Waals surface area contributed by atoms with Crippen LogP contribution in [0.5, 0.6) is 0 Å². The largest absolute Gasteiger partial charge is 0.367 e. The molecule has 5 rings (SSSR count). The third-order valence-corrected chi connectivity index (χ3v) is 5.93. The van der Waals surface area contributed by atoms with E-state index in [9.17, 15) is 0 Å². The average Bonchev–Trinajstić information content (AvgIpc) is 3.22. The van der Waals surface area contributed by atoms with Gasteiger partial charge in [0.05, 0.1) is 11.2 Å². The maximum absolute atomic E-state index is 15.2. The Morgan fingerprint density at radius 2 is 2.12 bits per heavy atom. The summed E-state index contributed by atoms with van der Waals surface area (Å²) in [6.45, 7) is 3.20. The standard InChI is InChI=1S/C20H23FN4/c21-15-8-13(9-22)19-18(14-5-1-2-6-16(14)24-19)20(15)25-10-12-4-3-7-23-17(12)11-25/h1-2,5-6,8,12,17,23-24H,3-4,7,9-11,22H2. The molecule has 2 aliphatic rings. The van der Waals surface area contributed by atoms with Gasteiger partial charge in [0.15, 0.2) is 0 Å². The molecule has 2 saturated heterocycles. The number of rotatable bonds is 2. The second kappa shape index (κ2) is 5.71. The van der Waals surface area contributed by atoms with Crippen LogP contribution in [0.3, 0.4) is 0 Å². The van der Waals surface area contributed by atoms with Crippen molar-refractivity contribution < 1.29 is 4.39 Å². The monoisotopic (exact) mass is 338 g/mol. The molecule has 0 amide bonds. The van der Waals surface area contributed by atoms with Crippen LogP contribution in [-0.4, -0.2) is 30.7 Å². The summed E-state index contributed by atoms with van der Waals surface area (Å²) in [5.41, 5.74) is 9.48. The van der Waals surface area contributed by atoms with Gasteiger partial charge < -0.3 is 20.9 Å². The number of fused-ring (bicyclic) bond motifs is 4. The molecule has 2 aliphatic heterocycles. The second-order valence-electron chi connectivity index (χ2n) is 7.36. The number of benzene rings is 2. The van der Waals surface area contributed by atoms with Crippen molar-refractivity contribution in [3.63, 3.8) is 0 Å². The normalized spacial score (nSPS) is 23.5. The lowest BCUT2D eigenvalue weighted by Crippen LogP contribution is -2.40. The van der Waals surface area contributed by atoms with Gasteiger partial charge in [-0.1, -0.05) is 18.2 Å². The summed E-state index contributed by atoms with van der Waals surface area (Å²) in [5.74, 6) is 0.457. The summed E-state index contributed by atoms with van der Waals surface area (Å²) >= 11 is 0. The van der Waals surface area contributed by atoms with Crippen LogP contribution >= 0.6 is 0 Å². The molecule has 4 N–H and O–H groups in total. The number of hydrogen-bond donors (Lipinski definition) is 3. The predicted octanol–water partition coefficient (Wildman–Crippen LogP) is 3.11. The smallest absolute Gasteiger partial charge is 0.147 e. The summed E-state index contributed by atoms with van der Waals surface area (Å²) in [6.07, 6.45) is 2.44. The molecule has 5 heteroatoms. The van der Waals surface area contributed by atoms with E-state index in [-0.39, 0.29) is 5.82 Å². The van der Waals surface area contributed by atoms with E-state index in [0.29, 0.717) is 18.5 Å². The Bertz CT molecular complexity index is 934. The van der Waals surface area contributed by atoms with E-state index >= 15 is 4.39 Å². The SMILES string of the molecule is NCc1cc(F)c(N2CC3CCCNC3C2)c2c1[nH]c1ccccc12. The molecular weight excluding hydrogens is 315 g/mol. The summed E-state index contributed by atoms with van der Waals surface area (Å²) in [4.78, 5) is 5.70. The predicted molar refractivity (Wildman–Crippen MR) is 100 cm³/mol. The zero-order chi connectivity index (χ0) is 17.0. The van der Waals surface area contributed by atoms with Gasteiger partial charge in [0.2, 0.25) is 0 Å². The fourth-order valence-electron chi connectivity index (χ4n) is 4.74. The minimum Gasteiger partial charge on any atom is -0.367 e. The molecule has 0 aliphatic carbocycles. The number of anilines is 1. The Morgan fingerprint density at radius 1 is 1.24 bits per heavy atom. The molecule has 0 radical (unpaired) electrons. The number of aromatic amines is 1. The third-order valence-electron chi connectivity index (χ3n) is 5.93. The fraction of sp³-hybridized carbons (Fsp3) is 0.400. The molecule has 0 spiro atoms. The highest BCUT2D eigenvalue weighted by atomic mass is 19.1. The Kier molecular flexibility index (Phi) is 3.47. The van der Waals surface area contributed by atoms with Crippen LogP contribution in [0.25, 0.3) is 21.8 Å². The van der Waals surface area contributed by atoms with E-state index in [1.165, 1.54) is 12.8 Å². The second-order valence-corrected chi connectivity index (χ2v) is 7.36. The number of piperidine rings is 1. The van der Waals surface area contributed by atoms with Gasteiger partial charge in [0, 0.05) is 42.0 Å². The quantitative estimate of drug-likeness (QED) is 0.673. The molecule has 1 aromatic heterocycles. The summed E-state index contributed by atoms with van der Waals surface area (Å²) in [7, 11) is 0. The van der Waals surface area contributed by atoms with E-state index in [4.69, 9.17) is 5.73 Å². The number of H-pyrrole nitrogens is 1. The van der Waals surface area contributed by atoms with E-state index in [1.807, 2.05) is 18.2 Å². The third kappa shape index (κ3) is 2.26. The van der Waals surface area contributed by atoms with E-state index in [0.717, 1.165) is 52.7 Å². The van der Waals surface area contributed by atoms with Gasteiger partial charge in [-0.15, -0.1) is 0 Å². The Labute approximate surface area is 146 Å². The minimum atomic E-state index is -0.156. The molecule has 4 nitrogen and oxygen atoms in total. The highest BCUT2D eigenvalue weighted by molar-refractivity contribution is 6.14. The lowest BCUT2D eigenvalue weighted by molar-refractivity contribution is 0.340. The number of halogens is 1. The summed E-state index contributed by atoms with van der Waals surface area (Å²) < 4.78 is 15.2. The van der Waals surface area contributed by atoms with E-state index < -0.39 is 0 Å². The van der Waals surface area contributed by atoms with Gasteiger partial charge >= 0.3 is 0 Å². The lowest BCUT2D eigenvalue weighted by Gasteiger charge is -2.24. The average molecular weight is 338 g/mol. The Balaban J connectivity index is 1.73. The fourth-order valence-corrected chi connectivity index (χ4v) is 4.74. The van der Waals surface area contributed by atoms with Crippen LogP contribution in [0, 0.1) is 11.7 Å². The van der Waals surface area contributed by atoms with Crippen LogP contribution in [0.2, 0.25) is 0 Å². The summed E-state index contributed by atoms with van der Waals surface area (Å²) in [5, 5.41) is 5.66. The van der Waals surface area contributed by atoms with E-state index in [1.54, 1.807) is 6.07 Å². The molecule has 2 unspecified atom stereocenters. The van der Waals surface area contributed by atoms with Crippen molar-refractivity contribution >= 4 is 27.5 Å². The number of hydrogen-bond acceptors (Lipinski definition) is 3. The van der Waals surface area contributed by atoms with Crippen molar-refractivity contribution in [1.29, 1.82) is 0 Å².